The Morgan fingerprint density at radius 1 is 1.15 bits per heavy atom. The van der Waals surface area contributed by atoms with Crippen LogP contribution in [0.3, 0.4) is 0 Å². The van der Waals surface area contributed by atoms with Crippen molar-refractivity contribution in [1.82, 2.24) is 24.7 Å². The third-order valence-corrected chi connectivity index (χ3v) is 8.39. The lowest BCUT2D eigenvalue weighted by atomic mass is 9.53. The predicted molar refractivity (Wildman–Crippen MR) is 150 cm³/mol. The second-order valence-electron chi connectivity index (χ2n) is 12.6. The number of nitrogens with one attached hydrogen (secondary N) is 1. The molecular weight excluding hydrogens is 526 g/mol. The van der Waals surface area contributed by atoms with Gasteiger partial charge in [0.2, 0.25) is 5.88 Å². The van der Waals surface area contributed by atoms with Crippen molar-refractivity contribution in [3.63, 3.8) is 0 Å². The van der Waals surface area contributed by atoms with Crippen molar-refractivity contribution in [3.8, 4) is 11.6 Å². The van der Waals surface area contributed by atoms with Crippen LogP contribution in [0.15, 0.2) is 24.5 Å². The van der Waals surface area contributed by atoms with E-state index in [2.05, 4.69) is 15.5 Å². The highest BCUT2D eigenvalue weighted by Crippen LogP contribution is 2.57. The van der Waals surface area contributed by atoms with Crippen LogP contribution < -0.4 is 26.3 Å². The molecule has 0 radical (unpaired) electrons. The number of carbonyl (C=O) groups is 2. The minimum Gasteiger partial charge on any atom is -0.489 e. The van der Waals surface area contributed by atoms with Gasteiger partial charge in [-0.2, -0.15) is 10.2 Å². The van der Waals surface area contributed by atoms with Crippen LogP contribution in [-0.4, -0.2) is 67.2 Å². The summed E-state index contributed by atoms with van der Waals surface area (Å²) in [6.07, 6.45) is 9.36. The SMILES string of the molecule is CC(C)(O)COc1ccc2c(C(=O)NC3CC4(C3)CC(Oc3c(C(N)=O)cnn3CCCN)C4)cnn2c1C1CC1. The Labute approximate surface area is 238 Å². The molecule has 3 aromatic rings. The zero-order valence-corrected chi connectivity index (χ0v) is 23.6. The maximum atomic E-state index is 13.3. The van der Waals surface area contributed by atoms with E-state index in [1.54, 1.807) is 24.7 Å². The number of nitrogens with two attached hydrogens (primary N) is 2. The zero-order valence-electron chi connectivity index (χ0n) is 23.6. The van der Waals surface area contributed by atoms with Crippen molar-refractivity contribution in [3.05, 3.63) is 41.3 Å². The third-order valence-electron chi connectivity index (χ3n) is 8.39. The lowest BCUT2D eigenvalue weighted by molar-refractivity contribution is -0.0861. The number of nitrogens with zero attached hydrogens (tertiary/aromatic N) is 4. The fourth-order valence-electron chi connectivity index (χ4n) is 6.24. The quantitative estimate of drug-likeness (QED) is 0.259. The first-order valence-corrected chi connectivity index (χ1v) is 14.4. The van der Waals surface area contributed by atoms with Crippen LogP contribution in [0.5, 0.6) is 11.6 Å². The Morgan fingerprint density at radius 2 is 1.88 bits per heavy atom. The Hall–Kier alpha value is -3.64. The fourth-order valence-corrected chi connectivity index (χ4v) is 6.24. The maximum absolute atomic E-state index is 13.3. The molecule has 0 unspecified atom stereocenters. The normalized spacial score (nSPS) is 23.7. The number of aliphatic hydroxyl groups is 1. The van der Waals surface area contributed by atoms with E-state index in [1.165, 1.54) is 6.20 Å². The lowest BCUT2D eigenvalue weighted by Gasteiger charge is -2.57. The minimum absolute atomic E-state index is 0.0219. The van der Waals surface area contributed by atoms with Crippen LogP contribution in [0, 0.1) is 5.41 Å². The number of aryl methyl sites for hydroxylation is 1. The van der Waals surface area contributed by atoms with Gasteiger partial charge in [-0.1, -0.05) is 0 Å². The van der Waals surface area contributed by atoms with Crippen molar-refractivity contribution < 1.29 is 24.2 Å². The van der Waals surface area contributed by atoms with E-state index in [0.29, 0.717) is 36.2 Å². The van der Waals surface area contributed by atoms with Gasteiger partial charge in [0.05, 0.1) is 34.8 Å². The second kappa shape index (κ2) is 10.3. The second-order valence-corrected chi connectivity index (χ2v) is 12.6. The van der Waals surface area contributed by atoms with Gasteiger partial charge < -0.3 is 31.4 Å². The Kier molecular flexibility index (Phi) is 6.93. The summed E-state index contributed by atoms with van der Waals surface area (Å²) >= 11 is 0. The molecule has 6 N–H and O–H groups in total. The molecular formula is C29H39N7O5. The number of carbonyl (C=O) groups excluding carboxylic acids is 2. The molecule has 0 aliphatic heterocycles. The molecule has 12 heteroatoms. The Balaban J connectivity index is 1.06. The summed E-state index contributed by atoms with van der Waals surface area (Å²) < 4.78 is 15.6. The first-order valence-electron chi connectivity index (χ1n) is 14.4. The van der Waals surface area contributed by atoms with E-state index in [0.717, 1.165) is 56.2 Å². The molecule has 2 amide bonds. The number of hydrogen-bond donors (Lipinski definition) is 4. The molecule has 220 valence electrons. The molecule has 6 rings (SSSR count). The van der Waals surface area contributed by atoms with E-state index in [9.17, 15) is 14.7 Å². The number of pyridine rings is 1. The molecule has 0 saturated heterocycles. The van der Waals surface area contributed by atoms with Gasteiger partial charge in [-0.15, -0.1) is 0 Å². The van der Waals surface area contributed by atoms with E-state index in [1.807, 2.05) is 16.6 Å². The fraction of sp³-hybridized carbons (Fsp3) is 0.586. The monoisotopic (exact) mass is 565 g/mol. The molecule has 0 atom stereocenters. The first kappa shape index (κ1) is 27.5. The van der Waals surface area contributed by atoms with E-state index < -0.39 is 11.5 Å². The molecule has 3 aromatic heterocycles. The molecule has 41 heavy (non-hydrogen) atoms. The van der Waals surface area contributed by atoms with Crippen molar-refractivity contribution in [2.75, 3.05) is 13.2 Å². The van der Waals surface area contributed by atoms with Crippen molar-refractivity contribution >= 4 is 17.3 Å². The molecule has 3 aliphatic carbocycles. The Morgan fingerprint density at radius 3 is 2.54 bits per heavy atom. The molecule has 1 spiro atoms. The number of aromatic nitrogens is 4. The number of hydrogen-bond acceptors (Lipinski definition) is 8. The summed E-state index contributed by atoms with van der Waals surface area (Å²) in [6.45, 7) is 4.67. The molecule has 0 bridgehead atoms. The van der Waals surface area contributed by atoms with Crippen LogP contribution in [0.2, 0.25) is 0 Å². The highest BCUT2D eigenvalue weighted by molar-refractivity contribution is 6.01. The third kappa shape index (κ3) is 5.50. The summed E-state index contributed by atoms with van der Waals surface area (Å²) in [6, 6.07) is 3.83. The molecule has 3 saturated carbocycles. The van der Waals surface area contributed by atoms with Crippen molar-refractivity contribution in [1.29, 1.82) is 0 Å². The van der Waals surface area contributed by atoms with E-state index >= 15 is 0 Å². The minimum atomic E-state index is -0.947. The largest absolute Gasteiger partial charge is 0.489 e. The number of amides is 2. The average Bonchev–Trinajstić information content (AvgIpc) is 3.48. The first-order chi connectivity index (χ1) is 19.6. The van der Waals surface area contributed by atoms with Gasteiger partial charge in [-0.05, 0) is 82.9 Å². The van der Waals surface area contributed by atoms with Crippen LogP contribution in [0.25, 0.3) is 5.52 Å². The van der Waals surface area contributed by atoms with Gasteiger partial charge in [0, 0.05) is 18.5 Å². The van der Waals surface area contributed by atoms with Crippen LogP contribution in [0.4, 0.5) is 0 Å². The highest BCUT2D eigenvalue weighted by Gasteiger charge is 2.54. The summed E-state index contributed by atoms with van der Waals surface area (Å²) in [4.78, 5) is 25.1. The number of fused-ring (bicyclic) bond motifs is 1. The number of primary amides is 1. The molecule has 0 aromatic carbocycles. The van der Waals surface area contributed by atoms with Gasteiger partial charge >= 0.3 is 0 Å². The van der Waals surface area contributed by atoms with Crippen molar-refractivity contribution in [2.24, 2.45) is 16.9 Å². The molecule has 12 nitrogen and oxygen atoms in total. The smallest absolute Gasteiger partial charge is 0.255 e. The standard InChI is InChI=1S/C29H39N7O5/c1-28(2,39)16-40-23-7-6-22-20(14-33-36(22)24(23)17-4-5-17)26(38)34-18-10-29(11-18)12-19(13-29)41-27-21(25(31)37)15-32-35(27)9-3-8-30/h6-7,14-15,17-19,39H,3-5,8-13,16,30H2,1-2H3,(H2,31,37)(H,34,38). The van der Waals surface area contributed by atoms with Gasteiger partial charge in [0.15, 0.2) is 0 Å². The van der Waals surface area contributed by atoms with Crippen LogP contribution >= 0.6 is 0 Å². The van der Waals surface area contributed by atoms with Gasteiger partial charge in [0.25, 0.3) is 11.8 Å². The number of ether oxygens (including phenoxy) is 2. The molecule has 3 fully saturated rings. The zero-order chi connectivity index (χ0) is 28.9. The van der Waals surface area contributed by atoms with Crippen LogP contribution in [0.1, 0.15) is 91.1 Å². The predicted octanol–water partition coefficient (Wildman–Crippen LogP) is 2.13. The van der Waals surface area contributed by atoms with Gasteiger partial charge in [0.1, 0.15) is 24.0 Å². The lowest BCUT2D eigenvalue weighted by Crippen LogP contribution is -2.58. The maximum Gasteiger partial charge on any atom is 0.255 e. The average molecular weight is 566 g/mol. The van der Waals surface area contributed by atoms with Gasteiger partial charge in [-0.25, -0.2) is 9.20 Å². The van der Waals surface area contributed by atoms with E-state index in [-0.39, 0.29) is 35.6 Å². The topological polar surface area (TPSA) is 172 Å². The summed E-state index contributed by atoms with van der Waals surface area (Å²) in [5.41, 5.74) is 12.9. The Bertz CT molecular complexity index is 1450. The highest BCUT2D eigenvalue weighted by atomic mass is 16.5. The summed E-state index contributed by atoms with van der Waals surface area (Å²) in [7, 11) is 0. The summed E-state index contributed by atoms with van der Waals surface area (Å²) in [5.74, 6) is 0.764. The number of rotatable bonds is 12. The summed E-state index contributed by atoms with van der Waals surface area (Å²) in [5, 5.41) is 22.1. The van der Waals surface area contributed by atoms with Gasteiger partial charge in [-0.3, -0.25) is 9.59 Å². The van der Waals surface area contributed by atoms with Crippen molar-refractivity contribution in [2.45, 2.75) is 89.0 Å². The molecule has 3 heterocycles. The van der Waals surface area contributed by atoms with Crippen LogP contribution in [-0.2, 0) is 6.54 Å². The van der Waals surface area contributed by atoms with E-state index in [4.69, 9.17) is 20.9 Å². The molecule has 3 aliphatic rings.